The molecular weight excluding hydrogens is 376 g/mol. The number of aryl methyl sites for hydroxylation is 2. The van der Waals surface area contributed by atoms with Crippen LogP contribution in [0.25, 0.3) is 0 Å². The molecule has 1 fully saturated rings. The highest BCUT2D eigenvalue weighted by Crippen LogP contribution is 2.18. The van der Waals surface area contributed by atoms with Gasteiger partial charge in [-0.05, 0) is 43.5 Å². The van der Waals surface area contributed by atoms with Gasteiger partial charge in [0.05, 0.1) is 18.1 Å². The molecule has 3 rings (SSSR count). The number of carbonyl (C=O) groups is 1. The summed E-state index contributed by atoms with van der Waals surface area (Å²) in [6.07, 6.45) is 1.70. The Morgan fingerprint density at radius 3 is 2.61 bits per heavy atom. The lowest BCUT2D eigenvalue weighted by molar-refractivity contribution is 0.0730. The van der Waals surface area contributed by atoms with Gasteiger partial charge in [-0.2, -0.15) is 4.31 Å². The molecule has 1 aliphatic rings. The zero-order valence-corrected chi connectivity index (χ0v) is 16.9. The third-order valence-electron chi connectivity index (χ3n) is 4.71. The predicted molar refractivity (Wildman–Crippen MR) is 108 cm³/mol. The summed E-state index contributed by atoms with van der Waals surface area (Å²) in [5, 5.41) is 2.87. The van der Waals surface area contributed by atoms with E-state index in [-0.39, 0.29) is 10.8 Å². The maximum Gasteiger partial charge on any atom is 0.251 e. The molecule has 28 heavy (non-hydrogen) atoms. The fourth-order valence-electron chi connectivity index (χ4n) is 3.20. The Balaban J connectivity index is 1.57. The normalized spacial score (nSPS) is 15.3. The average Bonchev–Trinajstić information content (AvgIpc) is 2.72. The van der Waals surface area contributed by atoms with Crippen molar-refractivity contribution in [3.8, 4) is 0 Å². The van der Waals surface area contributed by atoms with E-state index in [2.05, 4.69) is 30.4 Å². The van der Waals surface area contributed by atoms with Gasteiger partial charge >= 0.3 is 0 Å². The minimum Gasteiger partial charge on any atom is -0.379 e. The van der Waals surface area contributed by atoms with Crippen LogP contribution >= 0.6 is 0 Å². The summed E-state index contributed by atoms with van der Waals surface area (Å²) in [5.41, 5.74) is 2.82. The number of sulfonamides is 1. The SMILES string of the molecule is Cc1cccc(CCCNC(=O)c2cccc(S(=O)(=O)N3CCOCC3)c2)c1. The molecule has 0 aliphatic carbocycles. The van der Waals surface area contributed by atoms with Crippen LogP contribution in [0.2, 0.25) is 0 Å². The van der Waals surface area contributed by atoms with Crippen molar-refractivity contribution in [3.63, 3.8) is 0 Å². The van der Waals surface area contributed by atoms with Gasteiger partial charge in [0, 0.05) is 25.2 Å². The number of hydrogen-bond acceptors (Lipinski definition) is 4. The lowest BCUT2D eigenvalue weighted by Crippen LogP contribution is -2.40. The number of benzene rings is 2. The first-order valence-corrected chi connectivity index (χ1v) is 10.9. The molecule has 1 amide bonds. The molecule has 1 saturated heterocycles. The summed E-state index contributed by atoms with van der Waals surface area (Å²) >= 11 is 0. The quantitative estimate of drug-likeness (QED) is 0.722. The van der Waals surface area contributed by atoms with Crippen LogP contribution in [0.4, 0.5) is 0 Å². The van der Waals surface area contributed by atoms with Crippen LogP contribution in [0, 0.1) is 6.92 Å². The van der Waals surface area contributed by atoms with Gasteiger partial charge < -0.3 is 10.1 Å². The molecule has 6 nitrogen and oxygen atoms in total. The molecule has 0 spiro atoms. The van der Waals surface area contributed by atoms with Crippen molar-refractivity contribution in [2.75, 3.05) is 32.8 Å². The van der Waals surface area contributed by atoms with Crippen molar-refractivity contribution < 1.29 is 17.9 Å². The minimum atomic E-state index is -3.61. The summed E-state index contributed by atoms with van der Waals surface area (Å²) in [4.78, 5) is 12.6. The summed E-state index contributed by atoms with van der Waals surface area (Å²) in [7, 11) is -3.61. The van der Waals surface area contributed by atoms with Gasteiger partial charge in [-0.3, -0.25) is 4.79 Å². The molecule has 150 valence electrons. The van der Waals surface area contributed by atoms with E-state index in [0.717, 1.165) is 12.8 Å². The predicted octanol–water partition coefficient (Wildman–Crippen LogP) is 2.38. The molecule has 0 saturated carbocycles. The van der Waals surface area contributed by atoms with Gasteiger partial charge in [0.15, 0.2) is 0 Å². The standard InChI is InChI=1S/C21H26N2O4S/c1-17-5-2-6-18(15-17)7-4-10-22-21(24)19-8-3-9-20(16-19)28(25,26)23-11-13-27-14-12-23/h2-3,5-6,8-9,15-16H,4,7,10-14H2,1H3,(H,22,24). The second kappa shape index (κ2) is 9.32. The zero-order chi connectivity index (χ0) is 20.0. The number of morpholine rings is 1. The number of carbonyl (C=O) groups excluding carboxylic acids is 1. The molecule has 1 N–H and O–H groups in total. The van der Waals surface area contributed by atoms with E-state index in [1.807, 2.05) is 6.07 Å². The summed E-state index contributed by atoms with van der Waals surface area (Å²) in [6, 6.07) is 14.5. The Kier molecular flexibility index (Phi) is 6.83. The van der Waals surface area contributed by atoms with Gasteiger partial charge in [-0.15, -0.1) is 0 Å². The Labute approximate surface area is 166 Å². The van der Waals surface area contributed by atoms with E-state index in [9.17, 15) is 13.2 Å². The van der Waals surface area contributed by atoms with Crippen molar-refractivity contribution in [1.82, 2.24) is 9.62 Å². The largest absolute Gasteiger partial charge is 0.379 e. The lowest BCUT2D eigenvalue weighted by Gasteiger charge is -2.26. The molecule has 1 aliphatic heterocycles. The van der Waals surface area contributed by atoms with Crippen molar-refractivity contribution in [1.29, 1.82) is 0 Å². The van der Waals surface area contributed by atoms with Crippen LogP contribution in [0.3, 0.4) is 0 Å². The molecule has 2 aromatic carbocycles. The highest BCUT2D eigenvalue weighted by Gasteiger charge is 2.26. The number of ether oxygens (including phenoxy) is 1. The Hall–Kier alpha value is -2.22. The maximum absolute atomic E-state index is 12.7. The van der Waals surface area contributed by atoms with E-state index in [0.29, 0.717) is 38.4 Å². The third kappa shape index (κ3) is 5.19. The number of rotatable bonds is 7. The van der Waals surface area contributed by atoms with Crippen molar-refractivity contribution >= 4 is 15.9 Å². The summed E-state index contributed by atoms with van der Waals surface area (Å²) in [6.45, 7) is 4.03. The van der Waals surface area contributed by atoms with Gasteiger partial charge in [0.2, 0.25) is 10.0 Å². The first kappa shape index (κ1) is 20.5. The molecule has 0 unspecified atom stereocenters. The Morgan fingerprint density at radius 1 is 1.11 bits per heavy atom. The molecule has 7 heteroatoms. The molecule has 0 aromatic heterocycles. The molecule has 0 bridgehead atoms. The highest BCUT2D eigenvalue weighted by atomic mass is 32.2. The van der Waals surface area contributed by atoms with Gasteiger partial charge in [0.25, 0.3) is 5.91 Å². The monoisotopic (exact) mass is 402 g/mol. The van der Waals surface area contributed by atoms with Crippen molar-refractivity contribution in [3.05, 3.63) is 65.2 Å². The molecule has 2 aromatic rings. The maximum atomic E-state index is 12.7. The van der Waals surface area contributed by atoms with E-state index >= 15 is 0 Å². The summed E-state index contributed by atoms with van der Waals surface area (Å²) in [5.74, 6) is -0.261. The average molecular weight is 403 g/mol. The zero-order valence-electron chi connectivity index (χ0n) is 16.1. The Morgan fingerprint density at radius 2 is 1.86 bits per heavy atom. The number of nitrogens with one attached hydrogen (secondary N) is 1. The van der Waals surface area contributed by atoms with Crippen LogP contribution < -0.4 is 5.32 Å². The number of amides is 1. The lowest BCUT2D eigenvalue weighted by atomic mass is 10.1. The first-order valence-electron chi connectivity index (χ1n) is 9.48. The topological polar surface area (TPSA) is 75.7 Å². The molecule has 1 heterocycles. The van der Waals surface area contributed by atoms with Gasteiger partial charge in [0.1, 0.15) is 0 Å². The smallest absolute Gasteiger partial charge is 0.251 e. The minimum absolute atomic E-state index is 0.141. The van der Waals surface area contributed by atoms with Gasteiger partial charge in [-0.1, -0.05) is 35.9 Å². The number of hydrogen-bond donors (Lipinski definition) is 1. The van der Waals surface area contributed by atoms with Crippen LogP contribution in [0.5, 0.6) is 0 Å². The second-order valence-corrected chi connectivity index (χ2v) is 8.83. The molecular formula is C21H26N2O4S. The molecule has 0 radical (unpaired) electrons. The van der Waals surface area contributed by atoms with Crippen molar-refractivity contribution in [2.24, 2.45) is 0 Å². The van der Waals surface area contributed by atoms with Gasteiger partial charge in [-0.25, -0.2) is 8.42 Å². The third-order valence-corrected chi connectivity index (χ3v) is 6.61. The molecule has 0 atom stereocenters. The summed E-state index contributed by atoms with van der Waals surface area (Å²) < 4.78 is 32.1. The van der Waals surface area contributed by atoms with Crippen LogP contribution in [-0.4, -0.2) is 51.5 Å². The van der Waals surface area contributed by atoms with E-state index in [1.54, 1.807) is 12.1 Å². The van der Waals surface area contributed by atoms with E-state index in [1.165, 1.54) is 27.6 Å². The Bertz CT molecular complexity index is 922. The number of nitrogens with zero attached hydrogens (tertiary/aromatic N) is 1. The van der Waals surface area contributed by atoms with E-state index in [4.69, 9.17) is 4.74 Å². The second-order valence-electron chi connectivity index (χ2n) is 6.89. The fourth-order valence-corrected chi connectivity index (χ4v) is 4.65. The van der Waals surface area contributed by atoms with Crippen molar-refractivity contribution in [2.45, 2.75) is 24.7 Å². The first-order chi connectivity index (χ1) is 13.5. The van der Waals surface area contributed by atoms with Crippen LogP contribution in [-0.2, 0) is 21.2 Å². The highest BCUT2D eigenvalue weighted by molar-refractivity contribution is 7.89. The van der Waals surface area contributed by atoms with E-state index < -0.39 is 10.0 Å². The fraction of sp³-hybridized carbons (Fsp3) is 0.381. The van der Waals surface area contributed by atoms with Crippen LogP contribution in [0.15, 0.2) is 53.4 Å². The van der Waals surface area contributed by atoms with Crippen LogP contribution in [0.1, 0.15) is 27.9 Å².